The van der Waals surface area contributed by atoms with Gasteiger partial charge in [0.05, 0.1) is 13.2 Å². The third-order valence-corrected chi connectivity index (χ3v) is 2.66. The monoisotopic (exact) mass is 224 g/mol. The van der Waals surface area contributed by atoms with Crippen molar-refractivity contribution in [1.82, 2.24) is 0 Å². The van der Waals surface area contributed by atoms with E-state index in [-0.39, 0.29) is 0 Å². The van der Waals surface area contributed by atoms with E-state index in [1.54, 1.807) is 7.11 Å². The van der Waals surface area contributed by atoms with Gasteiger partial charge < -0.3 is 14.8 Å². The fourth-order valence-corrected chi connectivity index (χ4v) is 1.43. The topological polar surface area (TPSA) is 35.1 Å². The second-order valence-electron chi connectivity index (χ2n) is 3.91. The molecule has 0 bridgehead atoms. The van der Waals surface area contributed by atoms with Gasteiger partial charge in [0.25, 0.3) is 0 Å². The highest BCUT2D eigenvalue weighted by molar-refractivity contribution is 5.39. The van der Waals surface area contributed by atoms with Gasteiger partial charge in [0.15, 0.2) is 11.5 Å². The Morgan fingerprint density at radius 1 is 1.25 bits per heavy atom. The Balaban J connectivity index is 2.31. The van der Waals surface area contributed by atoms with Gasteiger partial charge in [-0.15, -0.1) is 0 Å². The molecule has 3 heteroatoms. The van der Waals surface area contributed by atoms with Crippen LogP contribution in [-0.4, -0.2) is 26.3 Å². The predicted molar refractivity (Wildman–Crippen MR) is 65.0 cm³/mol. The second kappa shape index (κ2) is 7.12. The lowest BCUT2D eigenvalue weighted by Gasteiger charge is -2.11. The molecule has 0 radical (unpaired) electrons. The first kappa shape index (κ1) is 12.8. The number of quaternary nitrogens is 1. The van der Waals surface area contributed by atoms with Crippen LogP contribution < -0.4 is 14.8 Å². The summed E-state index contributed by atoms with van der Waals surface area (Å²) in [4.78, 5) is 0. The molecule has 3 nitrogen and oxygen atoms in total. The van der Waals surface area contributed by atoms with Crippen LogP contribution >= 0.6 is 0 Å². The van der Waals surface area contributed by atoms with Crippen molar-refractivity contribution in [2.24, 2.45) is 0 Å². The molecule has 1 rings (SSSR count). The van der Waals surface area contributed by atoms with Crippen molar-refractivity contribution in [3.63, 3.8) is 0 Å². The Labute approximate surface area is 97.8 Å². The Morgan fingerprint density at radius 2 is 1.94 bits per heavy atom. The van der Waals surface area contributed by atoms with Gasteiger partial charge in [-0.05, 0) is 25.5 Å². The highest BCUT2D eigenvalue weighted by Crippen LogP contribution is 2.25. The zero-order chi connectivity index (χ0) is 11.8. The summed E-state index contributed by atoms with van der Waals surface area (Å²) < 4.78 is 10.9. The quantitative estimate of drug-likeness (QED) is 0.711. The predicted octanol–water partition coefficient (Wildman–Crippen LogP) is 1.44. The molecule has 0 aliphatic heterocycles. The standard InChI is InChI=1S/C13H21NO2/c1-4-11(2)14-9-10-16-13-8-6-5-7-12(13)15-3/h5-8,11,14H,4,9-10H2,1-3H3/p+1/t11-/m0/s1. The molecule has 0 unspecified atom stereocenters. The van der Waals surface area contributed by atoms with Crippen molar-refractivity contribution in [2.45, 2.75) is 26.3 Å². The van der Waals surface area contributed by atoms with Crippen molar-refractivity contribution in [2.75, 3.05) is 20.3 Å². The summed E-state index contributed by atoms with van der Waals surface area (Å²) in [6, 6.07) is 8.41. The summed E-state index contributed by atoms with van der Waals surface area (Å²) in [5.74, 6) is 1.62. The molecular weight excluding hydrogens is 202 g/mol. The molecule has 0 amide bonds. The van der Waals surface area contributed by atoms with Gasteiger partial charge in [0.2, 0.25) is 0 Å². The maximum Gasteiger partial charge on any atom is 0.161 e. The molecule has 0 aliphatic carbocycles. The van der Waals surface area contributed by atoms with Crippen LogP contribution in [0.25, 0.3) is 0 Å². The third kappa shape index (κ3) is 4.11. The molecule has 16 heavy (non-hydrogen) atoms. The van der Waals surface area contributed by atoms with E-state index >= 15 is 0 Å². The van der Waals surface area contributed by atoms with Crippen molar-refractivity contribution < 1.29 is 14.8 Å². The number of hydrogen-bond acceptors (Lipinski definition) is 2. The van der Waals surface area contributed by atoms with Gasteiger partial charge in [-0.1, -0.05) is 19.1 Å². The summed E-state index contributed by atoms with van der Waals surface area (Å²) in [7, 11) is 1.66. The summed E-state index contributed by atoms with van der Waals surface area (Å²) in [5, 5.41) is 2.30. The first-order chi connectivity index (χ1) is 7.77. The van der Waals surface area contributed by atoms with E-state index in [1.807, 2.05) is 24.3 Å². The largest absolute Gasteiger partial charge is 0.493 e. The van der Waals surface area contributed by atoms with E-state index in [1.165, 1.54) is 6.42 Å². The molecule has 0 aromatic heterocycles. The zero-order valence-corrected chi connectivity index (χ0v) is 10.4. The Morgan fingerprint density at radius 3 is 2.56 bits per heavy atom. The van der Waals surface area contributed by atoms with Crippen LogP contribution in [0.5, 0.6) is 11.5 Å². The maximum atomic E-state index is 5.67. The van der Waals surface area contributed by atoms with Crippen LogP contribution in [0.1, 0.15) is 20.3 Å². The van der Waals surface area contributed by atoms with Crippen molar-refractivity contribution in [3.8, 4) is 11.5 Å². The molecule has 1 atom stereocenters. The second-order valence-corrected chi connectivity index (χ2v) is 3.91. The lowest BCUT2D eigenvalue weighted by atomic mass is 10.3. The number of hydrogen-bond donors (Lipinski definition) is 1. The van der Waals surface area contributed by atoms with Crippen LogP contribution in [0.15, 0.2) is 24.3 Å². The molecule has 1 aromatic rings. The molecule has 90 valence electrons. The van der Waals surface area contributed by atoms with Gasteiger partial charge in [-0.3, -0.25) is 0 Å². The average molecular weight is 224 g/mol. The molecule has 2 N–H and O–H groups in total. The SMILES string of the molecule is CC[C@H](C)[NH2+]CCOc1ccccc1OC. The molecular formula is C13H22NO2+. The molecule has 0 spiro atoms. The number of para-hydroxylation sites is 2. The van der Waals surface area contributed by atoms with Gasteiger partial charge in [-0.25, -0.2) is 0 Å². The first-order valence-corrected chi connectivity index (χ1v) is 5.87. The lowest BCUT2D eigenvalue weighted by Crippen LogP contribution is -2.90. The average Bonchev–Trinajstić information content (AvgIpc) is 2.34. The van der Waals surface area contributed by atoms with Gasteiger partial charge in [0, 0.05) is 0 Å². The molecule has 0 heterocycles. The fraction of sp³-hybridized carbons (Fsp3) is 0.538. The van der Waals surface area contributed by atoms with E-state index in [0.29, 0.717) is 12.6 Å². The summed E-state index contributed by atoms with van der Waals surface area (Å²) >= 11 is 0. The van der Waals surface area contributed by atoms with Crippen LogP contribution in [0.4, 0.5) is 0 Å². The highest BCUT2D eigenvalue weighted by Gasteiger charge is 2.04. The van der Waals surface area contributed by atoms with Crippen LogP contribution in [0, 0.1) is 0 Å². The van der Waals surface area contributed by atoms with Gasteiger partial charge in [-0.2, -0.15) is 0 Å². The molecule has 0 aliphatic rings. The molecule has 1 aromatic carbocycles. The van der Waals surface area contributed by atoms with E-state index in [4.69, 9.17) is 9.47 Å². The minimum Gasteiger partial charge on any atom is -0.493 e. The highest BCUT2D eigenvalue weighted by atomic mass is 16.5. The minimum atomic E-state index is 0.668. The lowest BCUT2D eigenvalue weighted by molar-refractivity contribution is -0.686. The number of benzene rings is 1. The molecule has 0 fully saturated rings. The summed E-state index contributed by atoms with van der Waals surface area (Å²) in [6.07, 6.45) is 1.19. The maximum absolute atomic E-state index is 5.67. The summed E-state index contributed by atoms with van der Waals surface area (Å²) in [5.41, 5.74) is 0. The van der Waals surface area contributed by atoms with Crippen LogP contribution in [0.3, 0.4) is 0 Å². The third-order valence-electron chi connectivity index (χ3n) is 2.66. The van der Waals surface area contributed by atoms with Gasteiger partial charge in [0.1, 0.15) is 13.2 Å². The first-order valence-electron chi connectivity index (χ1n) is 5.87. The molecule has 0 saturated carbocycles. The number of ether oxygens (including phenoxy) is 2. The number of nitrogens with two attached hydrogens (primary N) is 1. The normalized spacial score (nSPS) is 12.2. The van der Waals surface area contributed by atoms with Crippen LogP contribution in [-0.2, 0) is 0 Å². The smallest absolute Gasteiger partial charge is 0.161 e. The Bertz CT molecular complexity index is 302. The summed E-state index contributed by atoms with van der Waals surface area (Å²) in [6.45, 7) is 6.11. The number of methoxy groups -OCH3 is 1. The van der Waals surface area contributed by atoms with Crippen molar-refractivity contribution in [3.05, 3.63) is 24.3 Å². The zero-order valence-electron chi connectivity index (χ0n) is 10.4. The van der Waals surface area contributed by atoms with E-state index < -0.39 is 0 Å². The van der Waals surface area contributed by atoms with E-state index in [9.17, 15) is 0 Å². The minimum absolute atomic E-state index is 0.668. The van der Waals surface area contributed by atoms with Crippen molar-refractivity contribution >= 4 is 0 Å². The van der Waals surface area contributed by atoms with E-state index in [0.717, 1.165) is 18.0 Å². The van der Waals surface area contributed by atoms with Crippen LogP contribution in [0.2, 0.25) is 0 Å². The Kier molecular flexibility index (Phi) is 5.72. The number of rotatable bonds is 7. The fourth-order valence-electron chi connectivity index (χ4n) is 1.43. The Hall–Kier alpha value is -1.22. The van der Waals surface area contributed by atoms with Crippen molar-refractivity contribution in [1.29, 1.82) is 0 Å². The van der Waals surface area contributed by atoms with E-state index in [2.05, 4.69) is 19.2 Å². The molecule has 0 saturated heterocycles. The van der Waals surface area contributed by atoms with Gasteiger partial charge >= 0.3 is 0 Å².